The van der Waals surface area contributed by atoms with Crippen LogP contribution in [0.1, 0.15) is 11.1 Å². The summed E-state index contributed by atoms with van der Waals surface area (Å²) in [7, 11) is 0. The second kappa shape index (κ2) is 6.80. The molecule has 2 amide bonds. The van der Waals surface area contributed by atoms with E-state index >= 15 is 0 Å². The van der Waals surface area contributed by atoms with Crippen LogP contribution in [0.3, 0.4) is 0 Å². The van der Waals surface area contributed by atoms with Crippen LogP contribution in [0.25, 0.3) is 0 Å². The summed E-state index contributed by atoms with van der Waals surface area (Å²) in [5.74, 6) is -3.93. The largest absolute Gasteiger partial charge is 0.344 e. The van der Waals surface area contributed by atoms with Gasteiger partial charge in [-0.05, 0) is 24.6 Å². The highest BCUT2D eigenvalue weighted by Gasteiger charge is 2.14. The summed E-state index contributed by atoms with van der Waals surface area (Å²) in [5, 5.41) is 4.65. The van der Waals surface area contributed by atoms with Crippen LogP contribution in [0, 0.1) is 18.6 Å². The van der Waals surface area contributed by atoms with Gasteiger partial charge in [0.25, 0.3) is 0 Å². The topological polar surface area (TPSA) is 58.2 Å². The molecule has 4 nitrogen and oxygen atoms in total. The zero-order chi connectivity index (χ0) is 16.1. The van der Waals surface area contributed by atoms with Crippen molar-refractivity contribution in [2.75, 3.05) is 5.32 Å². The predicted molar refractivity (Wildman–Crippen MR) is 78.0 cm³/mol. The summed E-state index contributed by atoms with van der Waals surface area (Å²) in [6.07, 6.45) is 0. The van der Waals surface area contributed by atoms with Crippen LogP contribution in [0.2, 0.25) is 0 Å². The van der Waals surface area contributed by atoms with E-state index in [0.717, 1.165) is 23.3 Å². The third-order valence-electron chi connectivity index (χ3n) is 2.92. The molecule has 114 valence electrons. The number of hydrogen-bond donors (Lipinski definition) is 2. The molecular formula is C16H14F2N2O2. The molecule has 2 rings (SSSR count). The van der Waals surface area contributed by atoms with Crippen molar-refractivity contribution in [1.82, 2.24) is 5.32 Å². The molecule has 0 saturated heterocycles. The third kappa shape index (κ3) is 4.12. The smallest absolute Gasteiger partial charge is 0.313 e. The van der Waals surface area contributed by atoms with Gasteiger partial charge in [-0.2, -0.15) is 0 Å². The standard InChI is InChI=1S/C16H14F2N2O2/c1-10-3-2-4-11(7-10)9-19-15(21)16(22)20-12-5-6-13(17)14(18)8-12/h2-8H,9H2,1H3,(H,19,21)(H,20,22). The molecule has 0 aliphatic heterocycles. The van der Waals surface area contributed by atoms with Crippen molar-refractivity contribution >= 4 is 17.5 Å². The Hall–Kier alpha value is -2.76. The maximum Gasteiger partial charge on any atom is 0.313 e. The van der Waals surface area contributed by atoms with Crippen molar-refractivity contribution in [1.29, 1.82) is 0 Å². The minimum Gasteiger partial charge on any atom is -0.344 e. The fraction of sp³-hybridized carbons (Fsp3) is 0.125. The SMILES string of the molecule is Cc1cccc(CNC(=O)C(=O)Nc2ccc(F)c(F)c2)c1. The van der Waals surface area contributed by atoms with E-state index < -0.39 is 23.4 Å². The molecule has 2 N–H and O–H groups in total. The average molecular weight is 304 g/mol. The number of anilines is 1. The van der Waals surface area contributed by atoms with Crippen molar-refractivity contribution in [2.24, 2.45) is 0 Å². The second-order valence-corrected chi connectivity index (χ2v) is 4.75. The van der Waals surface area contributed by atoms with Gasteiger partial charge in [0.05, 0.1) is 0 Å². The maximum atomic E-state index is 13.0. The summed E-state index contributed by atoms with van der Waals surface area (Å²) < 4.78 is 25.8. The molecule has 2 aromatic rings. The molecule has 2 aromatic carbocycles. The fourth-order valence-electron chi connectivity index (χ4n) is 1.85. The van der Waals surface area contributed by atoms with Gasteiger partial charge in [-0.1, -0.05) is 29.8 Å². The van der Waals surface area contributed by atoms with Crippen molar-refractivity contribution in [3.8, 4) is 0 Å². The molecule has 0 saturated carbocycles. The summed E-state index contributed by atoms with van der Waals surface area (Å²) in [4.78, 5) is 23.3. The molecule has 6 heteroatoms. The van der Waals surface area contributed by atoms with Crippen LogP contribution in [0.5, 0.6) is 0 Å². The van der Waals surface area contributed by atoms with E-state index in [-0.39, 0.29) is 12.2 Å². The van der Waals surface area contributed by atoms with Crippen LogP contribution >= 0.6 is 0 Å². The molecule has 0 aromatic heterocycles. The molecule has 0 aliphatic rings. The Morgan fingerprint density at radius 1 is 1.00 bits per heavy atom. The number of aryl methyl sites for hydroxylation is 1. The number of carbonyl (C=O) groups is 2. The zero-order valence-electron chi connectivity index (χ0n) is 11.8. The summed E-state index contributed by atoms with van der Waals surface area (Å²) >= 11 is 0. The maximum absolute atomic E-state index is 13.0. The first-order valence-corrected chi connectivity index (χ1v) is 6.55. The number of nitrogens with one attached hydrogen (secondary N) is 2. The third-order valence-corrected chi connectivity index (χ3v) is 2.92. The summed E-state index contributed by atoms with van der Waals surface area (Å²) in [5.41, 5.74) is 1.90. The second-order valence-electron chi connectivity index (χ2n) is 4.75. The van der Waals surface area contributed by atoms with Crippen LogP contribution in [-0.4, -0.2) is 11.8 Å². The van der Waals surface area contributed by atoms with E-state index in [0.29, 0.717) is 0 Å². The molecular weight excluding hydrogens is 290 g/mol. The van der Waals surface area contributed by atoms with Gasteiger partial charge in [0.1, 0.15) is 0 Å². The molecule has 0 heterocycles. The molecule has 0 bridgehead atoms. The Morgan fingerprint density at radius 3 is 2.45 bits per heavy atom. The predicted octanol–water partition coefficient (Wildman–Crippen LogP) is 2.53. The Kier molecular flexibility index (Phi) is 4.83. The highest BCUT2D eigenvalue weighted by atomic mass is 19.2. The van der Waals surface area contributed by atoms with E-state index in [1.54, 1.807) is 0 Å². The van der Waals surface area contributed by atoms with Gasteiger partial charge in [-0.15, -0.1) is 0 Å². The minimum atomic E-state index is -1.10. The van der Waals surface area contributed by atoms with Gasteiger partial charge in [0, 0.05) is 18.3 Å². The van der Waals surface area contributed by atoms with Crippen molar-refractivity contribution in [3.05, 3.63) is 65.2 Å². The van der Waals surface area contributed by atoms with Gasteiger partial charge in [-0.3, -0.25) is 9.59 Å². The van der Waals surface area contributed by atoms with E-state index in [9.17, 15) is 18.4 Å². The number of benzene rings is 2. The normalized spacial score (nSPS) is 10.1. The lowest BCUT2D eigenvalue weighted by atomic mass is 10.1. The number of carbonyl (C=O) groups excluding carboxylic acids is 2. The molecule has 0 fully saturated rings. The fourth-order valence-corrected chi connectivity index (χ4v) is 1.85. The highest BCUT2D eigenvalue weighted by Crippen LogP contribution is 2.12. The lowest BCUT2D eigenvalue weighted by molar-refractivity contribution is -0.136. The minimum absolute atomic E-state index is 0.00889. The monoisotopic (exact) mass is 304 g/mol. The van der Waals surface area contributed by atoms with E-state index in [1.165, 1.54) is 6.07 Å². The van der Waals surface area contributed by atoms with Crippen LogP contribution in [-0.2, 0) is 16.1 Å². The van der Waals surface area contributed by atoms with Gasteiger partial charge in [-0.25, -0.2) is 8.78 Å². The molecule has 0 radical (unpaired) electrons. The first-order valence-electron chi connectivity index (χ1n) is 6.55. The first-order chi connectivity index (χ1) is 10.5. The molecule has 0 aliphatic carbocycles. The lowest BCUT2D eigenvalue weighted by Gasteiger charge is -2.07. The van der Waals surface area contributed by atoms with Gasteiger partial charge in [0.15, 0.2) is 11.6 Å². The Balaban J connectivity index is 1.92. The van der Waals surface area contributed by atoms with Crippen LogP contribution < -0.4 is 10.6 Å². The molecule has 22 heavy (non-hydrogen) atoms. The van der Waals surface area contributed by atoms with E-state index in [4.69, 9.17) is 0 Å². The molecule has 0 spiro atoms. The van der Waals surface area contributed by atoms with Gasteiger partial charge in [0.2, 0.25) is 0 Å². The Labute approximate surface area is 126 Å². The van der Waals surface area contributed by atoms with Crippen LogP contribution in [0.4, 0.5) is 14.5 Å². The van der Waals surface area contributed by atoms with Gasteiger partial charge < -0.3 is 10.6 Å². The molecule has 0 atom stereocenters. The number of rotatable bonds is 3. The Morgan fingerprint density at radius 2 is 1.77 bits per heavy atom. The number of amides is 2. The van der Waals surface area contributed by atoms with E-state index in [1.807, 2.05) is 31.2 Å². The van der Waals surface area contributed by atoms with Gasteiger partial charge >= 0.3 is 11.8 Å². The number of hydrogen-bond acceptors (Lipinski definition) is 2. The van der Waals surface area contributed by atoms with E-state index in [2.05, 4.69) is 10.6 Å². The van der Waals surface area contributed by atoms with Crippen molar-refractivity contribution < 1.29 is 18.4 Å². The van der Waals surface area contributed by atoms with Crippen molar-refractivity contribution in [3.63, 3.8) is 0 Å². The first kappa shape index (κ1) is 15.6. The quantitative estimate of drug-likeness (QED) is 0.856. The average Bonchev–Trinajstić information content (AvgIpc) is 2.48. The zero-order valence-corrected chi connectivity index (χ0v) is 11.8. The molecule has 0 unspecified atom stereocenters. The lowest BCUT2D eigenvalue weighted by Crippen LogP contribution is -2.35. The summed E-state index contributed by atoms with van der Waals surface area (Å²) in [6, 6.07) is 10.3. The number of halogens is 2. The summed E-state index contributed by atoms with van der Waals surface area (Å²) in [6.45, 7) is 2.12. The highest BCUT2D eigenvalue weighted by molar-refractivity contribution is 6.39. The Bertz CT molecular complexity index is 717. The van der Waals surface area contributed by atoms with Crippen molar-refractivity contribution in [2.45, 2.75) is 13.5 Å². The van der Waals surface area contributed by atoms with Crippen LogP contribution in [0.15, 0.2) is 42.5 Å².